The minimum atomic E-state index is -0.679. The number of aromatic nitrogens is 2. The molecule has 2 heterocycles. The van der Waals surface area contributed by atoms with Gasteiger partial charge in [-0.15, -0.1) is 10.2 Å². The van der Waals surface area contributed by atoms with Gasteiger partial charge >= 0.3 is 12.0 Å². The maximum atomic E-state index is 12.9. The largest absolute Gasteiger partial charge is 0.497 e. The molecule has 9 nitrogen and oxygen atoms in total. The molecule has 1 atom stereocenters. The van der Waals surface area contributed by atoms with Gasteiger partial charge in [-0.25, -0.2) is 9.59 Å². The number of nitrogens with zero attached hydrogens (tertiary/aromatic N) is 2. The van der Waals surface area contributed by atoms with Crippen LogP contribution >= 0.6 is 11.8 Å². The highest BCUT2D eigenvalue weighted by Crippen LogP contribution is 2.32. The third kappa shape index (κ3) is 5.17. The molecule has 1 aliphatic rings. The zero-order valence-corrected chi connectivity index (χ0v) is 18.8. The van der Waals surface area contributed by atoms with Crippen LogP contribution in [0.5, 0.6) is 5.75 Å². The lowest BCUT2D eigenvalue weighted by atomic mass is 9.95. The number of carbonyl (C=O) groups excluding carboxylic acids is 2. The fraction of sp³-hybridized carbons (Fsp3) is 0.217. The van der Waals surface area contributed by atoms with Gasteiger partial charge in [0.1, 0.15) is 5.75 Å². The molecule has 10 heteroatoms. The van der Waals surface area contributed by atoms with Crippen LogP contribution in [-0.4, -0.2) is 41.7 Å². The Kier molecular flexibility index (Phi) is 6.94. The van der Waals surface area contributed by atoms with E-state index in [0.717, 1.165) is 11.1 Å². The molecular weight excluding hydrogens is 444 g/mol. The smallest absolute Gasteiger partial charge is 0.338 e. The molecule has 4 rings (SSSR count). The van der Waals surface area contributed by atoms with E-state index in [1.54, 1.807) is 38.3 Å². The number of esters is 1. The van der Waals surface area contributed by atoms with Crippen LogP contribution in [0.1, 0.15) is 18.5 Å². The SMILES string of the molecule is CCOC(=O)C1=C(CSc2nnc(-c3ccccc3)o2)NC(=O)NC1c1ccc(OC)cc1. The van der Waals surface area contributed by atoms with Crippen molar-refractivity contribution in [3.05, 3.63) is 71.4 Å². The second kappa shape index (κ2) is 10.2. The van der Waals surface area contributed by atoms with E-state index in [-0.39, 0.29) is 12.4 Å². The van der Waals surface area contributed by atoms with E-state index in [2.05, 4.69) is 20.8 Å². The molecule has 0 spiro atoms. The molecular formula is C23H22N4O5S. The van der Waals surface area contributed by atoms with Crippen LogP contribution in [0.25, 0.3) is 11.5 Å². The van der Waals surface area contributed by atoms with Gasteiger partial charge in [-0.1, -0.05) is 42.1 Å². The molecule has 3 aromatic rings. The van der Waals surface area contributed by atoms with Crippen LogP contribution in [0.3, 0.4) is 0 Å². The molecule has 33 heavy (non-hydrogen) atoms. The maximum Gasteiger partial charge on any atom is 0.338 e. The van der Waals surface area contributed by atoms with Crippen molar-refractivity contribution >= 4 is 23.8 Å². The molecule has 1 aromatic heterocycles. The number of benzene rings is 2. The topological polar surface area (TPSA) is 116 Å². The van der Waals surface area contributed by atoms with E-state index >= 15 is 0 Å². The molecule has 0 bridgehead atoms. The summed E-state index contributed by atoms with van der Waals surface area (Å²) in [4.78, 5) is 25.3. The van der Waals surface area contributed by atoms with Crippen molar-refractivity contribution in [1.82, 2.24) is 20.8 Å². The highest BCUT2D eigenvalue weighted by Gasteiger charge is 2.34. The number of thioether (sulfide) groups is 1. The standard InChI is InChI=1S/C23H22N4O5S/c1-3-31-21(28)18-17(13-33-23-27-26-20(32-23)15-7-5-4-6-8-15)24-22(29)25-19(18)14-9-11-16(30-2)12-10-14/h4-12,19H,3,13H2,1-2H3,(H2,24,25,29). The number of methoxy groups -OCH3 is 1. The van der Waals surface area contributed by atoms with Crippen molar-refractivity contribution in [2.75, 3.05) is 19.5 Å². The van der Waals surface area contributed by atoms with Crippen LogP contribution < -0.4 is 15.4 Å². The van der Waals surface area contributed by atoms with E-state index in [1.807, 2.05) is 30.3 Å². The fourth-order valence-electron chi connectivity index (χ4n) is 3.33. The maximum absolute atomic E-state index is 12.9. The lowest BCUT2D eigenvalue weighted by molar-refractivity contribution is -0.139. The summed E-state index contributed by atoms with van der Waals surface area (Å²) in [5.41, 5.74) is 2.26. The number of hydrogen-bond acceptors (Lipinski definition) is 8. The molecule has 0 saturated heterocycles. The predicted molar refractivity (Wildman–Crippen MR) is 122 cm³/mol. The quantitative estimate of drug-likeness (QED) is 0.381. The van der Waals surface area contributed by atoms with Crippen molar-refractivity contribution in [3.8, 4) is 17.2 Å². The summed E-state index contributed by atoms with van der Waals surface area (Å²) in [5.74, 6) is 0.770. The van der Waals surface area contributed by atoms with Gasteiger partial charge in [0.2, 0.25) is 5.89 Å². The molecule has 1 aliphatic heterocycles. The molecule has 2 amide bonds. The van der Waals surface area contributed by atoms with E-state index in [1.165, 1.54) is 11.8 Å². The third-order valence-electron chi connectivity index (χ3n) is 4.87. The average Bonchev–Trinajstić information content (AvgIpc) is 3.32. The van der Waals surface area contributed by atoms with Gasteiger partial charge in [0.05, 0.1) is 25.3 Å². The Bertz CT molecular complexity index is 1160. The second-order valence-electron chi connectivity index (χ2n) is 6.95. The van der Waals surface area contributed by atoms with Crippen molar-refractivity contribution in [3.63, 3.8) is 0 Å². The van der Waals surface area contributed by atoms with E-state index in [4.69, 9.17) is 13.9 Å². The van der Waals surface area contributed by atoms with Gasteiger partial charge < -0.3 is 24.5 Å². The number of amides is 2. The predicted octanol–water partition coefficient (Wildman–Crippen LogP) is 3.71. The van der Waals surface area contributed by atoms with E-state index < -0.39 is 18.0 Å². The van der Waals surface area contributed by atoms with Crippen LogP contribution in [0.2, 0.25) is 0 Å². The Hall–Kier alpha value is -3.79. The minimum Gasteiger partial charge on any atom is -0.497 e. The summed E-state index contributed by atoms with van der Waals surface area (Å²) in [5, 5.41) is 14.0. The second-order valence-corrected chi connectivity index (χ2v) is 7.87. The van der Waals surface area contributed by atoms with Gasteiger partial charge in [0.25, 0.3) is 5.22 Å². The van der Waals surface area contributed by atoms with Crippen molar-refractivity contribution in [1.29, 1.82) is 0 Å². The Morgan fingerprint density at radius 2 is 1.88 bits per heavy atom. The zero-order chi connectivity index (χ0) is 23.2. The number of carbonyl (C=O) groups is 2. The van der Waals surface area contributed by atoms with Crippen molar-refractivity contribution in [2.24, 2.45) is 0 Å². The summed E-state index contributed by atoms with van der Waals surface area (Å²) >= 11 is 1.22. The molecule has 2 aromatic carbocycles. The van der Waals surface area contributed by atoms with Crippen molar-refractivity contribution < 1.29 is 23.5 Å². The lowest BCUT2D eigenvalue weighted by Crippen LogP contribution is -2.46. The number of nitrogens with one attached hydrogen (secondary N) is 2. The van der Waals surface area contributed by atoms with Crippen molar-refractivity contribution in [2.45, 2.75) is 18.2 Å². The van der Waals surface area contributed by atoms with Gasteiger partial charge in [0, 0.05) is 17.0 Å². The summed E-state index contributed by atoms with van der Waals surface area (Å²) in [7, 11) is 1.57. The van der Waals surface area contributed by atoms with Gasteiger partial charge in [-0.05, 0) is 36.8 Å². The number of hydrogen-bond donors (Lipinski definition) is 2. The Morgan fingerprint density at radius 1 is 1.12 bits per heavy atom. The van der Waals surface area contributed by atoms with Crippen LogP contribution in [0.15, 0.2) is 75.5 Å². The highest BCUT2D eigenvalue weighted by atomic mass is 32.2. The average molecular weight is 467 g/mol. The molecule has 0 saturated carbocycles. The van der Waals surface area contributed by atoms with E-state index in [0.29, 0.717) is 28.1 Å². The number of ether oxygens (including phenoxy) is 2. The zero-order valence-electron chi connectivity index (χ0n) is 18.0. The van der Waals surface area contributed by atoms with Crippen LogP contribution in [-0.2, 0) is 9.53 Å². The van der Waals surface area contributed by atoms with Crippen LogP contribution in [0, 0.1) is 0 Å². The normalized spacial score (nSPS) is 15.6. The summed E-state index contributed by atoms with van der Waals surface area (Å²) < 4.78 is 16.2. The van der Waals surface area contributed by atoms with Crippen LogP contribution in [0.4, 0.5) is 4.79 Å². The summed E-state index contributed by atoms with van der Waals surface area (Å²) in [6.07, 6.45) is 0. The first kappa shape index (κ1) is 22.4. The summed E-state index contributed by atoms with van der Waals surface area (Å²) in [6.45, 7) is 1.93. The first-order chi connectivity index (χ1) is 16.1. The van der Waals surface area contributed by atoms with Gasteiger partial charge in [-0.2, -0.15) is 0 Å². The molecule has 170 valence electrons. The summed E-state index contributed by atoms with van der Waals surface area (Å²) in [6, 6.07) is 15.4. The Balaban J connectivity index is 1.61. The minimum absolute atomic E-state index is 0.204. The lowest BCUT2D eigenvalue weighted by Gasteiger charge is -2.29. The highest BCUT2D eigenvalue weighted by molar-refractivity contribution is 7.99. The first-order valence-electron chi connectivity index (χ1n) is 10.2. The van der Waals surface area contributed by atoms with Gasteiger partial charge in [-0.3, -0.25) is 0 Å². The molecule has 1 unspecified atom stereocenters. The third-order valence-corrected chi connectivity index (χ3v) is 5.71. The number of urea groups is 1. The first-order valence-corrected chi connectivity index (χ1v) is 11.2. The van der Waals surface area contributed by atoms with Gasteiger partial charge in [0.15, 0.2) is 0 Å². The number of rotatable bonds is 8. The molecule has 2 N–H and O–H groups in total. The Morgan fingerprint density at radius 3 is 2.58 bits per heavy atom. The fourth-order valence-corrected chi connectivity index (χ4v) is 4.06. The molecule has 0 fully saturated rings. The molecule has 0 aliphatic carbocycles. The Labute approximate surface area is 194 Å². The monoisotopic (exact) mass is 466 g/mol. The molecule has 0 radical (unpaired) electrons. The van der Waals surface area contributed by atoms with E-state index in [9.17, 15) is 9.59 Å².